The van der Waals surface area contributed by atoms with E-state index < -0.39 is 27.9 Å². The number of halogens is 1. The van der Waals surface area contributed by atoms with Crippen LogP contribution in [0.4, 0.5) is 9.18 Å². The lowest BCUT2D eigenvalue weighted by molar-refractivity contribution is -0.118. The molecule has 1 fully saturated rings. The van der Waals surface area contributed by atoms with Gasteiger partial charge in [0.05, 0.1) is 12.9 Å². The minimum atomic E-state index is -3.51. The zero-order valence-corrected chi connectivity index (χ0v) is 16.1. The molecule has 1 heterocycles. The highest BCUT2D eigenvalue weighted by molar-refractivity contribution is 7.89. The van der Waals surface area contributed by atoms with Crippen LogP contribution in [0.2, 0.25) is 0 Å². The third-order valence-corrected chi connectivity index (χ3v) is 5.78. The summed E-state index contributed by atoms with van der Waals surface area (Å²) < 4.78 is 45.4. The van der Waals surface area contributed by atoms with Crippen molar-refractivity contribution in [2.75, 3.05) is 26.0 Å². The number of hydrogen-bond donors (Lipinski definition) is 2. The van der Waals surface area contributed by atoms with Crippen molar-refractivity contribution in [3.63, 3.8) is 0 Å². The van der Waals surface area contributed by atoms with Crippen LogP contribution in [0.25, 0.3) is 0 Å². The van der Waals surface area contributed by atoms with E-state index in [2.05, 4.69) is 10.0 Å². The van der Waals surface area contributed by atoms with Gasteiger partial charge in [-0.1, -0.05) is 12.5 Å². The summed E-state index contributed by atoms with van der Waals surface area (Å²) in [5.41, 5.74) is 0.599. The first-order chi connectivity index (χ1) is 12.7. The van der Waals surface area contributed by atoms with Crippen LogP contribution in [0.5, 0.6) is 5.75 Å². The first-order valence-corrected chi connectivity index (χ1v) is 10.3. The van der Waals surface area contributed by atoms with E-state index in [0.29, 0.717) is 31.4 Å². The van der Waals surface area contributed by atoms with Crippen molar-refractivity contribution in [3.05, 3.63) is 29.6 Å². The van der Waals surface area contributed by atoms with E-state index in [9.17, 15) is 22.4 Å². The van der Waals surface area contributed by atoms with Gasteiger partial charge in [0.15, 0.2) is 11.6 Å². The average Bonchev–Trinajstić information content (AvgIpc) is 2.91. The van der Waals surface area contributed by atoms with Crippen LogP contribution in [-0.2, 0) is 14.8 Å². The lowest BCUT2D eigenvalue weighted by atomic mass is 10.1. The highest BCUT2D eigenvalue weighted by Crippen LogP contribution is 2.23. The van der Waals surface area contributed by atoms with Gasteiger partial charge in [-0.15, -0.1) is 0 Å². The van der Waals surface area contributed by atoms with Crippen LogP contribution in [0.1, 0.15) is 37.8 Å². The predicted octanol–water partition coefficient (Wildman–Crippen LogP) is 1.54. The maximum Gasteiger partial charge on any atom is 0.324 e. The second-order valence-corrected chi connectivity index (χ2v) is 8.26. The van der Waals surface area contributed by atoms with E-state index in [1.807, 2.05) is 0 Å². The fourth-order valence-electron chi connectivity index (χ4n) is 2.78. The van der Waals surface area contributed by atoms with Gasteiger partial charge in [-0.25, -0.2) is 22.3 Å². The number of carbonyl (C=O) groups is 2. The van der Waals surface area contributed by atoms with Crippen molar-refractivity contribution in [1.29, 1.82) is 0 Å². The summed E-state index contributed by atoms with van der Waals surface area (Å²) in [6, 6.07) is 3.28. The molecule has 0 aliphatic carbocycles. The Morgan fingerprint density at radius 3 is 2.67 bits per heavy atom. The Morgan fingerprint density at radius 2 is 2.04 bits per heavy atom. The van der Waals surface area contributed by atoms with Gasteiger partial charge in [-0.3, -0.25) is 10.1 Å². The minimum absolute atomic E-state index is 0.0529. The van der Waals surface area contributed by atoms with E-state index in [-0.39, 0.29) is 24.0 Å². The number of amides is 3. The van der Waals surface area contributed by atoms with Gasteiger partial charge in [0.25, 0.3) is 0 Å². The number of hydrogen-bond acceptors (Lipinski definition) is 5. The lowest BCUT2D eigenvalue weighted by Crippen LogP contribution is -2.30. The Labute approximate surface area is 158 Å². The summed E-state index contributed by atoms with van der Waals surface area (Å²) in [6.07, 6.45) is 1.65. The number of urea groups is 1. The number of ether oxygens (including phenoxy) is 1. The van der Waals surface area contributed by atoms with E-state index in [1.165, 1.54) is 30.2 Å². The van der Waals surface area contributed by atoms with Gasteiger partial charge >= 0.3 is 6.03 Å². The number of sulfonamides is 1. The lowest BCUT2D eigenvalue weighted by Gasteiger charge is -2.16. The first kappa shape index (κ1) is 21.1. The van der Waals surface area contributed by atoms with Gasteiger partial charge in [0.1, 0.15) is 6.54 Å². The Hall–Kier alpha value is -2.20. The minimum Gasteiger partial charge on any atom is -0.494 e. The molecule has 1 aliphatic heterocycles. The largest absolute Gasteiger partial charge is 0.494 e. The number of carbonyl (C=O) groups excluding carboxylic acids is 2. The van der Waals surface area contributed by atoms with Crippen LogP contribution in [-0.4, -0.2) is 51.2 Å². The van der Waals surface area contributed by atoms with Crippen LogP contribution < -0.4 is 14.8 Å². The summed E-state index contributed by atoms with van der Waals surface area (Å²) in [6.45, 7) is 2.14. The van der Waals surface area contributed by atoms with E-state index in [1.54, 1.807) is 6.92 Å². The number of nitrogens with zero attached hydrogens (tertiary/aromatic N) is 1. The third kappa shape index (κ3) is 6.17. The summed E-state index contributed by atoms with van der Waals surface area (Å²) >= 11 is 0. The standard InChI is InChI=1S/C17H24FN3O5S/c1-12(13-6-7-14(18)15(10-13)26-2)20-27(24,25)9-5-3-4-8-21-11-16(22)19-17(21)23/h6-7,10,12,20H,3-5,8-9,11H2,1-2H3,(H,19,22,23)/t12-/m1/s1. The smallest absolute Gasteiger partial charge is 0.324 e. The maximum absolute atomic E-state index is 13.5. The highest BCUT2D eigenvalue weighted by atomic mass is 32.2. The molecule has 150 valence electrons. The molecule has 8 nitrogen and oxygen atoms in total. The molecule has 0 bridgehead atoms. The van der Waals surface area contributed by atoms with Crippen molar-refractivity contribution in [1.82, 2.24) is 14.9 Å². The fourth-order valence-corrected chi connectivity index (χ4v) is 4.15. The molecule has 0 radical (unpaired) electrons. The number of rotatable bonds is 10. The van der Waals surface area contributed by atoms with E-state index in [4.69, 9.17) is 4.74 Å². The number of unbranched alkanes of at least 4 members (excludes halogenated alkanes) is 2. The Bertz CT molecular complexity index is 800. The van der Waals surface area contributed by atoms with Crippen LogP contribution >= 0.6 is 0 Å². The van der Waals surface area contributed by atoms with Gasteiger partial charge in [-0.05, 0) is 37.5 Å². The number of benzene rings is 1. The molecule has 2 rings (SSSR count). The summed E-state index contributed by atoms with van der Waals surface area (Å²) in [5.74, 6) is -0.827. The topological polar surface area (TPSA) is 105 Å². The second kappa shape index (κ2) is 9.14. The molecule has 2 N–H and O–H groups in total. The van der Waals surface area contributed by atoms with Crippen molar-refractivity contribution in [3.8, 4) is 5.75 Å². The Balaban J connectivity index is 1.76. The molecule has 1 saturated heterocycles. The molecular weight excluding hydrogens is 377 g/mol. The quantitative estimate of drug-likeness (QED) is 0.457. The van der Waals surface area contributed by atoms with E-state index in [0.717, 1.165) is 0 Å². The molecule has 3 amide bonds. The molecule has 0 saturated carbocycles. The molecule has 1 atom stereocenters. The van der Waals surface area contributed by atoms with Crippen LogP contribution in [0, 0.1) is 5.82 Å². The summed E-state index contributed by atoms with van der Waals surface area (Å²) in [4.78, 5) is 23.9. The summed E-state index contributed by atoms with van der Waals surface area (Å²) in [7, 11) is -2.16. The summed E-state index contributed by atoms with van der Waals surface area (Å²) in [5, 5.41) is 2.19. The van der Waals surface area contributed by atoms with Crippen molar-refractivity contribution < 1.29 is 27.1 Å². The molecule has 0 spiro atoms. The molecule has 0 aromatic heterocycles. The molecule has 1 aromatic carbocycles. The van der Waals surface area contributed by atoms with Crippen molar-refractivity contribution >= 4 is 22.0 Å². The van der Waals surface area contributed by atoms with Crippen LogP contribution in [0.15, 0.2) is 18.2 Å². The molecule has 1 aliphatic rings. The van der Waals surface area contributed by atoms with Crippen molar-refractivity contribution in [2.24, 2.45) is 0 Å². The Kier molecular flexibility index (Phi) is 7.14. The van der Waals surface area contributed by atoms with Gasteiger partial charge in [0, 0.05) is 12.6 Å². The third-order valence-electron chi connectivity index (χ3n) is 4.24. The van der Waals surface area contributed by atoms with Gasteiger partial charge in [-0.2, -0.15) is 0 Å². The monoisotopic (exact) mass is 401 g/mol. The molecule has 1 aromatic rings. The van der Waals surface area contributed by atoms with Crippen molar-refractivity contribution in [2.45, 2.75) is 32.2 Å². The van der Waals surface area contributed by atoms with Crippen LogP contribution in [0.3, 0.4) is 0 Å². The average molecular weight is 401 g/mol. The first-order valence-electron chi connectivity index (χ1n) is 8.64. The molecule has 27 heavy (non-hydrogen) atoms. The number of imide groups is 1. The molecule has 10 heteroatoms. The SMILES string of the molecule is COc1cc([C@@H](C)NS(=O)(=O)CCCCCN2CC(=O)NC2=O)ccc1F. The Morgan fingerprint density at radius 1 is 1.30 bits per heavy atom. The fraction of sp³-hybridized carbons (Fsp3) is 0.529. The highest BCUT2D eigenvalue weighted by Gasteiger charge is 2.25. The van der Waals surface area contributed by atoms with Gasteiger partial charge in [0.2, 0.25) is 15.9 Å². The maximum atomic E-state index is 13.5. The second-order valence-electron chi connectivity index (χ2n) is 6.39. The number of nitrogens with one attached hydrogen (secondary N) is 2. The normalized spacial score (nSPS) is 15.7. The zero-order valence-electron chi connectivity index (χ0n) is 15.3. The predicted molar refractivity (Wildman–Crippen MR) is 97.3 cm³/mol. The zero-order chi connectivity index (χ0) is 20.0. The van der Waals surface area contributed by atoms with E-state index >= 15 is 0 Å². The molecule has 0 unspecified atom stereocenters. The number of methoxy groups -OCH3 is 1. The molecular formula is C17H24FN3O5S. The van der Waals surface area contributed by atoms with Gasteiger partial charge < -0.3 is 9.64 Å².